The number of aromatic hydroxyl groups is 1. The summed E-state index contributed by atoms with van der Waals surface area (Å²) < 4.78 is 0. The fourth-order valence-electron chi connectivity index (χ4n) is 1.35. The minimum Gasteiger partial charge on any atom is -0.505 e. The normalized spacial score (nSPS) is 8.84. The van der Waals surface area contributed by atoms with Crippen molar-refractivity contribution in [3.05, 3.63) is 23.8 Å². The standard InChI is InChI=1S/C11H13NO5.2K/c13-9(14)5-4-7-2-1-3-8(11(7)17)12-6-10(15)16;;/h1-3,12,17H,4-6H2,(H,13,14)(H,15,16);;. The third-order valence-electron chi connectivity index (χ3n) is 2.16. The van der Waals surface area contributed by atoms with Gasteiger partial charge in [0, 0.05) is 109 Å². The number of aliphatic carboxylic acids is 2. The molecule has 2 radical (unpaired) electrons. The molecule has 19 heavy (non-hydrogen) atoms. The molecule has 0 aliphatic rings. The van der Waals surface area contributed by atoms with Crippen molar-refractivity contribution < 1.29 is 24.9 Å². The van der Waals surface area contributed by atoms with E-state index in [4.69, 9.17) is 10.2 Å². The van der Waals surface area contributed by atoms with Crippen molar-refractivity contribution in [2.24, 2.45) is 0 Å². The molecule has 0 fully saturated rings. The molecule has 0 unspecified atom stereocenters. The number of phenolic OH excluding ortho intramolecular Hbond substituents is 1. The van der Waals surface area contributed by atoms with Crippen LogP contribution in [0.25, 0.3) is 0 Å². The summed E-state index contributed by atoms with van der Waals surface area (Å²) in [5, 5.41) is 29.3. The van der Waals surface area contributed by atoms with Crippen LogP contribution in [-0.2, 0) is 16.0 Å². The number of carboxylic acids is 2. The quantitative estimate of drug-likeness (QED) is 0.439. The summed E-state index contributed by atoms with van der Waals surface area (Å²) in [6.07, 6.45) is 0.111. The molecular formula is C11H13K2NO5. The van der Waals surface area contributed by atoms with Crippen molar-refractivity contribution in [3.8, 4) is 5.75 Å². The monoisotopic (exact) mass is 317 g/mol. The molecular weight excluding hydrogens is 304 g/mol. The van der Waals surface area contributed by atoms with Gasteiger partial charge in [0.05, 0.1) is 5.69 Å². The zero-order valence-corrected chi connectivity index (χ0v) is 17.3. The van der Waals surface area contributed by atoms with Crippen molar-refractivity contribution in [1.82, 2.24) is 0 Å². The summed E-state index contributed by atoms with van der Waals surface area (Å²) in [5.41, 5.74) is 0.762. The second-order valence-corrected chi connectivity index (χ2v) is 3.45. The number of aryl methyl sites for hydroxylation is 1. The Kier molecular flexibility index (Phi) is 13.7. The van der Waals surface area contributed by atoms with Gasteiger partial charge in [0.25, 0.3) is 0 Å². The molecule has 0 saturated carbocycles. The summed E-state index contributed by atoms with van der Waals surface area (Å²) in [5.74, 6) is -2.09. The molecule has 0 heterocycles. The zero-order valence-electron chi connectivity index (χ0n) is 11.0. The number of carboxylic acid groups (broad SMARTS) is 2. The number of anilines is 1. The van der Waals surface area contributed by atoms with Gasteiger partial charge in [0.1, 0.15) is 12.3 Å². The summed E-state index contributed by atoms with van der Waals surface area (Å²) in [6, 6.07) is 4.76. The topological polar surface area (TPSA) is 107 Å². The Labute approximate surface area is 195 Å². The minimum atomic E-state index is -1.04. The first kappa shape index (κ1) is 22.3. The number of phenols is 1. The van der Waals surface area contributed by atoms with Crippen molar-refractivity contribution in [1.29, 1.82) is 0 Å². The molecule has 6 nitrogen and oxygen atoms in total. The van der Waals surface area contributed by atoms with Crippen molar-refractivity contribution >= 4 is 120 Å². The summed E-state index contributed by atoms with van der Waals surface area (Å²) in [4.78, 5) is 20.8. The maximum absolute atomic E-state index is 10.4. The van der Waals surface area contributed by atoms with Crippen molar-refractivity contribution in [2.75, 3.05) is 11.9 Å². The zero-order chi connectivity index (χ0) is 12.8. The number of nitrogens with one attached hydrogen (secondary N) is 1. The third-order valence-corrected chi connectivity index (χ3v) is 2.16. The van der Waals surface area contributed by atoms with E-state index in [-0.39, 0.29) is 134 Å². The molecule has 0 aromatic heterocycles. The Morgan fingerprint density at radius 2 is 1.74 bits per heavy atom. The third kappa shape index (κ3) is 8.81. The van der Waals surface area contributed by atoms with Crippen LogP contribution in [0.15, 0.2) is 18.2 Å². The molecule has 0 spiro atoms. The fourth-order valence-corrected chi connectivity index (χ4v) is 1.35. The van der Waals surface area contributed by atoms with E-state index >= 15 is 0 Å². The van der Waals surface area contributed by atoms with Crippen LogP contribution in [0.4, 0.5) is 5.69 Å². The fraction of sp³-hybridized carbons (Fsp3) is 0.273. The van der Waals surface area contributed by atoms with E-state index in [1.54, 1.807) is 12.1 Å². The van der Waals surface area contributed by atoms with Gasteiger partial charge in [0.15, 0.2) is 0 Å². The second-order valence-electron chi connectivity index (χ2n) is 3.45. The van der Waals surface area contributed by atoms with Crippen LogP contribution in [-0.4, -0.2) is 137 Å². The number of para-hydroxylation sites is 1. The van der Waals surface area contributed by atoms with Crippen molar-refractivity contribution in [2.45, 2.75) is 12.8 Å². The van der Waals surface area contributed by atoms with Gasteiger partial charge in [-0.3, -0.25) is 9.59 Å². The van der Waals surface area contributed by atoms with Gasteiger partial charge < -0.3 is 20.6 Å². The van der Waals surface area contributed by atoms with Crippen LogP contribution in [0.3, 0.4) is 0 Å². The van der Waals surface area contributed by atoms with E-state index in [1.165, 1.54) is 6.07 Å². The largest absolute Gasteiger partial charge is 0.505 e. The minimum absolute atomic E-state index is 0. The van der Waals surface area contributed by atoms with Gasteiger partial charge in [-0.2, -0.15) is 0 Å². The Morgan fingerprint density at radius 1 is 1.11 bits per heavy atom. The summed E-state index contributed by atoms with van der Waals surface area (Å²) >= 11 is 0. The number of benzene rings is 1. The van der Waals surface area contributed by atoms with E-state index in [2.05, 4.69) is 5.32 Å². The predicted octanol–water partition coefficient (Wildman–Crippen LogP) is 0.144. The van der Waals surface area contributed by atoms with E-state index in [9.17, 15) is 14.7 Å². The van der Waals surface area contributed by atoms with Gasteiger partial charge >= 0.3 is 11.9 Å². The van der Waals surface area contributed by atoms with Gasteiger partial charge in [0.2, 0.25) is 0 Å². The average Bonchev–Trinajstić information content (AvgIpc) is 2.25. The van der Waals surface area contributed by atoms with Crippen LogP contribution in [0.5, 0.6) is 5.75 Å². The van der Waals surface area contributed by atoms with Crippen LogP contribution in [0.1, 0.15) is 12.0 Å². The Morgan fingerprint density at radius 3 is 2.26 bits per heavy atom. The van der Waals surface area contributed by atoms with Crippen LogP contribution < -0.4 is 5.32 Å². The number of carbonyl (C=O) groups is 2. The van der Waals surface area contributed by atoms with Gasteiger partial charge in [-0.25, -0.2) is 0 Å². The molecule has 0 atom stereocenters. The Bertz CT molecular complexity index is 403. The van der Waals surface area contributed by atoms with Crippen LogP contribution >= 0.6 is 0 Å². The van der Waals surface area contributed by atoms with E-state index in [0.717, 1.165) is 0 Å². The van der Waals surface area contributed by atoms with Crippen LogP contribution in [0.2, 0.25) is 0 Å². The van der Waals surface area contributed by atoms with Gasteiger partial charge in [-0.1, -0.05) is 12.1 Å². The smallest absolute Gasteiger partial charge is 0.322 e. The second kappa shape index (κ2) is 11.7. The predicted molar refractivity (Wildman–Crippen MR) is 71.7 cm³/mol. The molecule has 1 rings (SSSR count). The van der Waals surface area contributed by atoms with E-state index in [0.29, 0.717) is 5.56 Å². The van der Waals surface area contributed by atoms with Gasteiger partial charge in [-0.15, -0.1) is 0 Å². The average molecular weight is 317 g/mol. The number of hydrogen-bond acceptors (Lipinski definition) is 4. The molecule has 4 N–H and O–H groups in total. The maximum atomic E-state index is 10.4. The molecule has 1 aromatic rings. The molecule has 8 heteroatoms. The SMILES string of the molecule is O=C(O)CCc1cccc(NCC(=O)O)c1O.[K].[K]. The summed E-state index contributed by atoms with van der Waals surface area (Å²) in [6.45, 7) is -0.310. The molecule has 0 saturated heterocycles. The molecule has 0 bridgehead atoms. The van der Waals surface area contributed by atoms with Gasteiger partial charge in [-0.05, 0) is 18.1 Å². The molecule has 1 aromatic carbocycles. The maximum Gasteiger partial charge on any atom is 0.322 e. The molecule has 0 amide bonds. The molecule has 0 aliphatic carbocycles. The van der Waals surface area contributed by atoms with E-state index in [1.807, 2.05) is 0 Å². The Balaban J connectivity index is 0. The van der Waals surface area contributed by atoms with Crippen molar-refractivity contribution in [3.63, 3.8) is 0 Å². The Hall–Kier alpha value is 1.03. The molecule has 94 valence electrons. The first-order chi connectivity index (χ1) is 8.00. The number of rotatable bonds is 6. The molecule has 0 aliphatic heterocycles. The van der Waals surface area contributed by atoms with E-state index < -0.39 is 11.9 Å². The number of hydrogen-bond donors (Lipinski definition) is 4. The first-order valence-electron chi connectivity index (χ1n) is 4.99. The first-order valence-corrected chi connectivity index (χ1v) is 4.99. The van der Waals surface area contributed by atoms with Crippen LogP contribution in [0, 0.1) is 0 Å². The summed E-state index contributed by atoms with van der Waals surface area (Å²) in [7, 11) is 0.